The van der Waals surface area contributed by atoms with Crippen molar-refractivity contribution in [1.29, 1.82) is 0 Å². The summed E-state index contributed by atoms with van der Waals surface area (Å²) in [5.41, 5.74) is 5.51. The fraction of sp³-hybridized carbons (Fsp3) is 0.273. The molecule has 0 aliphatic heterocycles. The van der Waals surface area contributed by atoms with Crippen LogP contribution in [0.5, 0.6) is 0 Å². The number of aromatic nitrogens is 2. The van der Waals surface area contributed by atoms with Crippen molar-refractivity contribution in [3.8, 4) is 16.9 Å². The molecule has 0 saturated heterocycles. The molecule has 5 nitrogen and oxygen atoms in total. The second kappa shape index (κ2) is 8.64. The van der Waals surface area contributed by atoms with Gasteiger partial charge in [0, 0.05) is 18.3 Å². The van der Waals surface area contributed by atoms with E-state index in [2.05, 4.69) is 36.6 Å². The van der Waals surface area contributed by atoms with Crippen LogP contribution in [0, 0.1) is 13.8 Å². The molecule has 1 aromatic heterocycles. The van der Waals surface area contributed by atoms with Gasteiger partial charge in [0.15, 0.2) is 0 Å². The molecule has 5 heteroatoms. The lowest BCUT2D eigenvalue weighted by molar-refractivity contribution is 0.0954. The van der Waals surface area contributed by atoms with Gasteiger partial charge in [-0.05, 0) is 51.6 Å². The molecule has 0 bridgehead atoms. The standard InChI is InChI=1S/C22H26N4O/c1-16-10-11-19(17(2)14-16)21-20(22(27)24-13-7-12-23-3)15-26(25-21)18-8-5-4-6-9-18/h4-6,8-11,14-15,23H,7,12-13H2,1-3H3,(H,24,27). The number of nitrogens with zero attached hydrogens (tertiary/aromatic N) is 2. The molecule has 0 fully saturated rings. The van der Waals surface area contributed by atoms with E-state index >= 15 is 0 Å². The summed E-state index contributed by atoms with van der Waals surface area (Å²) in [6, 6.07) is 16.1. The molecule has 3 aromatic rings. The van der Waals surface area contributed by atoms with Gasteiger partial charge in [0.25, 0.3) is 5.91 Å². The maximum absolute atomic E-state index is 12.8. The van der Waals surface area contributed by atoms with Crippen LogP contribution in [-0.2, 0) is 0 Å². The highest BCUT2D eigenvalue weighted by Gasteiger charge is 2.19. The van der Waals surface area contributed by atoms with E-state index in [4.69, 9.17) is 5.10 Å². The summed E-state index contributed by atoms with van der Waals surface area (Å²) in [6.07, 6.45) is 2.70. The monoisotopic (exact) mass is 362 g/mol. The van der Waals surface area contributed by atoms with Gasteiger partial charge in [0.2, 0.25) is 0 Å². The first-order valence-corrected chi connectivity index (χ1v) is 9.25. The van der Waals surface area contributed by atoms with Crippen LogP contribution in [0.2, 0.25) is 0 Å². The minimum Gasteiger partial charge on any atom is -0.352 e. The number of nitrogens with one attached hydrogen (secondary N) is 2. The van der Waals surface area contributed by atoms with Crippen LogP contribution in [-0.4, -0.2) is 35.8 Å². The number of hydrogen-bond acceptors (Lipinski definition) is 3. The van der Waals surface area contributed by atoms with E-state index in [0.717, 1.165) is 29.8 Å². The van der Waals surface area contributed by atoms with Crippen LogP contribution in [0.25, 0.3) is 16.9 Å². The molecular weight excluding hydrogens is 336 g/mol. The Morgan fingerprint density at radius 2 is 1.85 bits per heavy atom. The maximum atomic E-state index is 12.8. The minimum absolute atomic E-state index is 0.0942. The molecule has 3 rings (SSSR count). The van der Waals surface area contributed by atoms with Crippen LogP contribution in [0.1, 0.15) is 27.9 Å². The normalized spacial score (nSPS) is 10.8. The van der Waals surface area contributed by atoms with Crippen molar-refractivity contribution in [3.63, 3.8) is 0 Å². The predicted octanol–water partition coefficient (Wildman–Crippen LogP) is 3.50. The number of rotatable bonds is 7. The Morgan fingerprint density at radius 1 is 1.07 bits per heavy atom. The third-order valence-corrected chi connectivity index (χ3v) is 4.51. The predicted molar refractivity (Wildman–Crippen MR) is 109 cm³/mol. The Labute approximate surface area is 160 Å². The van der Waals surface area contributed by atoms with Crippen LogP contribution in [0.3, 0.4) is 0 Å². The second-order valence-corrected chi connectivity index (χ2v) is 6.70. The van der Waals surface area contributed by atoms with E-state index < -0.39 is 0 Å². The van der Waals surface area contributed by atoms with E-state index in [1.165, 1.54) is 5.56 Å². The molecule has 0 aliphatic carbocycles. The van der Waals surface area contributed by atoms with Crippen molar-refractivity contribution in [3.05, 3.63) is 71.4 Å². The van der Waals surface area contributed by atoms with Crippen molar-refractivity contribution in [2.75, 3.05) is 20.1 Å². The zero-order valence-electron chi connectivity index (χ0n) is 16.1. The SMILES string of the molecule is CNCCCNC(=O)c1cn(-c2ccccc2)nc1-c1ccc(C)cc1C. The average molecular weight is 362 g/mol. The van der Waals surface area contributed by atoms with Crippen LogP contribution in [0.15, 0.2) is 54.7 Å². The smallest absolute Gasteiger partial charge is 0.255 e. The number of benzene rings is 2. The zero-order valence-corrected chi connectivity index (χ0v) is 16.1. The van der Waals surface area contributed by atoms with Crippen molar-refractivity contribution in [2.45, 2.75) is 20.3 Å². The first-order chi connectivity index (χ1) is 13.1. The number of aryl methyl sites for hydroxylation is 2. The van der Waals surface area contributed by atoms with E-state index in [1.807, 2.05) is 49.6 Å². The summed E-state index contributed by atoms with van der Waals surface area (Å²) in [7, 11) is 1.91. The first-order valence-electron chi connectivity index (χ1n) is 9.25. The van der Waals surface area contributed by atoms with Gasteiger partial charge in [-0.1, -0.05) is 42.0 Å². The number of para-hydroxylation sites is 1. The highest BCUT2D eigenvalue weighted by atomic mass is 16.1. The minimum atomic E-state index is -0.0942. The topological polar surface area (TPSA) is 58.9 Å². The zero-order chi connectivity index (χ0) is 19.2. The van der Waals surface area contributed by atoms with Crippen molar-refractivity contribution >= 4 is 5.91 Å². The van der Waals surface area contributed by atoms with Gasteiger partial charge in [0.1, 0.15) is 5.69 Å². The molecule has 0 atom stereocenters. The van der Waals surface area contributed by atoms with Crippen LogP contribution < -0.4 is 10.6 Å². The number of carbonyl (C=O) groups is 1. The first kappa shape index (κ1) is 18.9. The Hall–Kier alpha value is -2.92. The van der Waals surface area contributed by atoms with E-state index in [1.54, 1.807) is 4.68 Å². The summed E-state index contributed by atoms with van der Waals surface area (Å²) in [5, 5.41) is 10.8. The molecule has 1 heterocycles. The highest BCUT2D eigenvalue weighted by molar-refractivity contribution is 6.00. The summed E-state index contributed by atoms with van der Waals surface area (Å²) >= 11 is 0. The van der Waals surface area contributed by atoms with Crippen molar-refractivity contribution in [1.82, 2.24) is 20.4 Å². The molecule has 0 saturated carbocycles. The van der Waals surface area contributed by atoms with Crippen molar-refractivity contribution in [2.24, 2.45) is 0 Å². The molecule has 0 spiro atoms. The number of hydrogen-bond donors (Lipinski definition) is 2. The molecule has 1 amide bonds. The summed E-state index contributed by atoms with van der Waals surface area (Å²) in [5.74, 6) is -0.0942. The fourth-order valence-electron chi connectivity index (χ4n) is 3.09. The molecule has 0 radical (unpaired) electrons. The van der Waals surface area contributed by atoms with E-state index in [9.17, 15) is 4.79 Å². The maximum Gasteiger partial charge on any atom is 0.255 e. The molecule has 140 valence electrons. The van der Waals surface area contributed by atoms with Crippen molar-refractivity contribution < 1.29 is 4.79 Å². The van der Waals surface area contributed by atoms with Gasteiger partial charge in [-0.25, -0.2) is 4.68 Å². The van der Waals surface area contributed by atoms with E-state index in [-0.39, 0.29) is 5.91 Å². The van der Waals surface area contributed by atoms with Gasteiger partial charge < -0.3 is 10.6 Å². The second-order valence-electron chi connectivity index (χ2n) is 6.70. The molecule has 0 aliphatic rings. The Balaban J connectivity index is 1.99. The van der Waals surface area contributed by atoms with Gasteiger partial charge in [-0.15, -0.1) is 0 Å². The van der Waals surface area contributed by atoms with E-state index in [0.29, 0.717) is 17.8 Å². The van der Waals surface area contributed by atoms with Crippen LogP contribution in [0.4, 0.5) is 0 Å². The number of amides is 1. The van der Waals surface area contributed by atoms with Gasteiger partial charge in [0.05, 0.1) is 11.3 Å². The molecular formula is C22H26N4O. The quantitative estimate of drug-likeness (QED) is 0.633. The molecule has 2 aromatic carbocycles. The Kier molecular flexibility index (Phi) is 6.04. The molecule has 2 N–H and O–H groups in total. The van der Waals surface area contributed by atoms with Crippen LogP contribution >= 0.6 is 0 Å². The highest BCUT2D eigenvalue weighted by Crippen LogP contribution is 2.27. The third-order valence-electron chi connectivity index (χ3n) is 4.51. The van der Waals surface area contributed by atoms with Gasteiger partial charge in [-0.3, -0.25) is 4.79 Å². The third kappa shape index (κ3) is 4.44. The lowest BCUT2D eigenvalue weighted by Gasteiger charge is -2.08. The Morgan fingerprint density at radius 3 is 2.56 bits per heavy atom. The summed E-state index contributed by atoms with van der Waals surface area (Å²) < 4.78 is 1.77. The fourth-order valence-corrected chi connectivity index (χ4v) is 3.09. The number of carbonyl (C=O) groups excluding carboxylic acids is 1. The average Bonchev–Trinajstić information content (AvgIpc) is 3.11. The lowest BCUT2D eigenvalue weighted by atomic mass is 10.0. The lowest BCUT2D eigenvalue weighted by Crippen LogP contribution is -2.26. The Bertz CT molecular complexity index is 915. The molecule has 0 unspecified atom stereocenters. The van der Waals surface area contributed by atoms with Gasteiger partial charge in [-0.2, -0.15) is 5.10 Å². The largest absolute Gasteiger partial charge is 0.352 e. The summed E-state index contributed by atoms with van der Waals surface area (Å²) in [4.78, 5) is 12.8. The summed E-state index contributed by atoms with van der Waals surface area (Å²) in [6.45, 7) is 5.61. The van der Waals surface area contributed by atoms with Gasteiger partial charge >= 0.3 is 0 Å². The molecule has 27 heavy (non-hydrogen) atoms.